The van der Waals surface area contributed by atoms with Crippen molar-refractivity contribution >= 4 is 17.9 Å². The predicted octanol–water partition coefficient (Wildman–Crippen LogP) is 16.6. The zero-order valence-electron chi connectivity index (χ0n) is 39.3. The third-order valence-electron chi connectivity index (χ3n) is 13.1. The minimum atomic E-state index is -1.27. The van der Waals surface area contributed by atoms with E-state index in [1.165, 1.54) is 154 Å². The van der Waals surface area contributed by atoms with Crippen molar-refractivity contribution in [1.29, 1.82) is 0 Å². The molecule has 0 amide bonds. The third-order valence-corrected chi connectivity index (χ3v) is 13.1. The first-order chi connectivity index (χ1) is 31.0. The second kappa shape index (κ2) is 28.6. The highest BCUT2D eigenvalue weighted by Crippen LogP contribution is 2.57. The molecule has 3 aromatic rings. The van der Waals surface area contributed by atoms with E-state index < -0.39 is 11.6 Å². The monoisotopic (exact) mass is 865 g/mol. The molecule has 0 radical (unpaired) electrons. The van der Waals surface area contributed by atoms with Gasteiger partial charge < -0.3 is 18.9 Å². The smallest absolute Gasteiger partial charge is 0.340 e. The molecule has 7 heteroatoms. The summed E-state index contributed by atoms with van der Waals surface area (Å²) in [6.07, 6.45) is 38.8. The average Bonchev–Trinajstić information content (AvgIpc) is 3.57. The molecule has 0 aliphatic carbocycles. The van der Waals surface area contributed by atoms with Gasteiger partial charge in [-0.25, -0.2) is 4.79 Å². The quantitative estimate of drug-likeness (QED) is 0.0336. The highest BCUT2D eigenvalue weighted by Gasteiger charge is 2.53. The molecule has 2 aliphatic heterocycles. The summed E-state index contributed by atoms with van der Waals surface area (Å²) in [6, 6.07) is 17.9. The summed E-state index contributed by atoms with van der Waals surface area (Å²) in [5, 5.41) is 0. The van der Waals surface area contributed by atoms with E-state index in [0.29, 0.717) is 58.1 Å². The van der Waals surface area contributed by atoms with Crippen LogP contribution in [0.2, 0.25) is 0 Å². The summed E-state index contributed by atoms with van der Waals surface area (Å²) >= 11 is 0. The number of rotatable bonds is 34. The topological polar surface area (TPSA) is 88.1 Å². The third kappa shape index (κ3) is 16.1. The Morgan fingerprint density at radius 3 is 1.17 bits per heavy atom. The molecular formula is C56H80O7. The minimum Gasteiger partial charge on any atom is -0.456 e. The van der Waals surface area contributed by atoms with E-state index in [2.05, 4.69) is 13.8 Å². The lowest BCUT2D eigenvalue weighted by molar-refractivity contribution is -0.135. The van der Waals surface area contributed by atoms with Crippen LogP contribution in [0, 0.1) is 0 Å². The Balaban J connectivity index is 1.05. The van der Waals surface area contributed by atoms with Gasteiger partial charge in [0, 0.05) is 41.7 Å². The standard InChI is InChI=1S/C56H80O7/c1-3-5-7-9-11-13-15-17-19-21-23-25-27-29-31-37-53(57)60-45-39-41-49-51(43-45)62-52-44-46(40-42-50(52)56(49)48-36-34-33-35-47(48)55(59)63-56)61-54(58)38-32-30-28-26-24-22-20-18-16-14-12-10-8-6-4-2/h33-36,39-44H,3-32,37-38H2,1-2H3. The van der Waals surface area contributed by atoms with Gasteiger partial charge in [0.1, 0.15) is 23.0 Å². The maximum atomic E-state index is 13.3. The molecule has 63 heavy (non-hydrogen) atoms. The summed E-state index contributed by atoms with van der Waals surface area (Å²) < 4.78 is 24.4. The first-order valence-electron chi connectivity index (χ1n) is 25.7. The SMILES string of the molecule is CCCCCCCCCCCCCCCCCC(=O)Oc1ccc2c(c1)Oc1cc(OC(=O)CCCCCCCCCCCCCCCCC)ccc1C21OC(=O)c2ccccc21. The van der Waals surface area contributed by atoms with Gasteiger partial charge in [0.05, 0.1) is 5.56 Å². The lowest BCUT2D eigenvalue weighted by Gasteiger charge is -2.36. The number of hydrogen-bond donors (Lipinski definition) is 0. The number of fused-ring (bicyclic) bond motifs is 6. The molecule has 0 N–H and O–H groups in total. The molecule has 2 aliphatic rings. The summed E-state index contributed by atoms with van der Waals surface area (Å²) in [4.78, 5) is 39.3. The molecule has 0 saturated carbocycles. The molecule has 0 atom stereocenters. The fourth-order valence-electron chi connectivity index (χ4n) is 9.41. The fraction of sp³-hybridized carbons (Fsp3) is 0.625. The molecule has 5 rings (SSSR count). The number of unbranched alkanes of at least 4 members (excludes halogenated alkanes) is 28. The zero-order valence-corrected chi connectivity index (χ0v) is 39.3. The molecule has 0 saturated heterocycles. The van der Waals surface area contributed by atoms with Crippen LogP contribution in [0.4, 0.5) is 0 Å². The Morgan fingerprint density at radius 2 is 0.794 bits per heavy atom. The van der Waals surface area contributed by atoms with Gasteiger partial charge in [0.2, 0.25) is 0 Å². The predicted molar refractivity (Wildman–Crippen MR) is 255 cm³/mol. The van der Waals surface area contributed by atoms with E-state index in [1.54, 1.807) is 30.3 Å². The second-order valence-electron chi connectivity index (χ2n) is 18.4. The van der Waals surface area contributed by atoms with Gasteiger partial charge >= 0.3 is 17.9 Å². The summed E-state index contributed by atoms with van der Waals surface area (Å²) in [5.74, 6) is 0.551. The van der Waals surface area contributed by atoms with Crippen molar-refractivity contribution in [2.45, 2.75) is 225 Å². The van der Waals surface area contributed by atoms with Gasteiger partial charge in [-0.1, -0.05) is 212 Å². The van der Waals surface area contributed by atoms with Crippen LogP contribution in [-0.2, 0) is 19.9 Å². The normalized spacial score (nSPS) is 13.3. The van der Waals surface area contributed by atoms with Gasteiger partial charge in [-0.05, 0) is 43.2 Å². The van der Waals surface area contributed by atoms with E-state index in [-0.39, 0.29) is 11.9 Å². The van der Waals surface area contributed by atoms with Crippen LogP contribution in [-0.4, -0.2) is 17.9 Å². The van der Waals surface area contributed by atoms with Gasteiger partial charge in [-0.3, -0.25) is 9.59 Å². The van der Waals surface area contributed by atoms with Crippen molar-refractivity contribution in [3.8, 4) is 23.0 Å². The average molecular weight is 865 g/mol. The Bertz CT molecular complexity index is 1720. The number of ether oxygens (including phenoxy) is 4. The Kier molecular flexibility index (Phi) is 22.7. The van der Waals surface area contributed by atoms with Crippen LogP contribution in [0.3, 0.4) is 0 Å². The fourth-order valence-corrected chi connectivity index (χ4v) is 9.41. The number of hydrogen-bond acceptors (Lipinski definition) is 7. The molecule has 2 heterocycles. The Hall–Kier alpha value is -4.13. The van der Waals surface area contributed by atoms with E-state index in [9.17, 15) is 14.4 Å². The van der Waals surface area contributed by atoms with E-state index in [1.807, 2.05) is 30.3 Å². The van der Waals surface area contributed by atoms with Crippen molar-refractivity contribution in [2.75, 3.05) is 0 Å². The van der Waals surface area contributed by atoms with E-state index in [0.717, 1.165) is 38.5 Å². The zero-order chi connectivity index (χ0) is 44.4. The van der Waals surface area contributed by atoms with Crippen molar-refractivity contribution in [3.63, 3.8) is 0 Å². The molecule has 346 valence electrons. The van der Waals surface area contributed by atoms with E-state index >= 15 is 0 Å². The van der Waals surface area contributed by atoms with Crippen LogP contribution in [0.25, 0.3) is 0 Å². The van der Waals surface area contributed by atoms with Gasteiger partial charge in [0.25, 0.3) is 0 Å². The van der Waals surface area contributed by atoms with Crippen molar-refractivity contribution in [1.82, 2.24) is 0 Å². The maximum absolute atomic E-state index is 13.3. The van der Waals surface area contributed by atoms with Crippen LogP contribution < -0.4 is 14.2 Å². The van der Waals surface area contributed by atoms with Gasteiger partial charge in [-0.2, -0.15) is 0 Å². The Labute approximate surface area is 380 Å². The minimum absolute atomic E-state index is 0.281. The first kappa shape index (κ1) is 49.9. The van der Waals surface area contributed by atoms with Crippen molar-refractivity contribution in [2.24, 2.45) is 0 Å². The van der Waals surface area contributed by atoms with Crippen LogP contribution in [0.15, 0.2) is 60.7 Å². The second-order valence-corrected chi connectivity index (χ2v) is 18.4. The molecule has 1 spiro atoms. The lowest BCUT2D eigenvalue weighted by Crippen LogP contribution is -2.33. The van der Waals surface area contributed by atoms with Crippen LogP contribution >= 0.6 is 0 Å². The van der Waals surface area contributed by atoms with Crippen molar-refractivity contribution in [3.05, 3.63) is 82.9 Å². The summed E-state index contributed by atoms with van der Waals surface area (Å²) in [7, 11) is 0. The summed E-state index contributed by atoms with van der Waals surface area (Å²) in [5.41, 5.74) is 1.18. The maximum Gasteiger partial charge on any atom is 0.340 e. The van der Waals surface area contributed by atoms with Crippen LogP contribution in [0.1, 0.15) is 246 Å². The van der Waals surface area contributed by atoms with Crippen molar-refractivity contribution < 1.29 is 33.3 Å². The number of carbonyl (C=O) groups is 3. The molecule has 7 nitrogen and oxygen atoms in total. The summed E-state index contributed by atoms with van der Waals surface area (Å²) in [6.45, 7) is 4.54. The van der Waals surface area contributed by atoms with Gasteiger partial charge in [-0.15, -0.1) is 0 Å². The highest BCUT2D eigenvalue weighted by atomic mass is 16.6. The molecule has 0 fully saturated rings. The molecule has 0 aromatic heterocycles. The number of benzene rings is 3. The first-order valence-corrected chi connectivity index (χ1v) is 25.7. The Morgan fingerprint density at radius 1 is 0.444 bits per heavy atom. The van der Waals surface area contributed by atoms with E-state index in [4.69, 9.17) is 18.9 Å². The lowest BCUT2D eigenvalue weighted by atomic mass is 9.77. The molecule has 0 unspecified atom stereocenters. The number of carbonyl (C=O) groups excluding carboxylic acids is 3. The molecular weight excluding hydrogens is 785 g/mol. The largest absolute Gasteiger partial charge is 0.456 e. The van der Waals surface area contributed by atoms with Crippen LogP contribution in [0.5, 0.6) is 23.0 Å². The molecule has 3 aromatic carbocycles. The van der Waals surface area contributed by atoms with Gasteiger partial charge in [0.15, 0.2) is 5.60 Å². The highest BCUT2D eigenvalue weighted by molar-refractivity contribution is 5.97. The number of esters is 3. The molecule has 0 bridgehead atoms.